The highest BCUT2D eigenvalue weighted by Crippen LogP contribution is 2.28. The van der Waals surface area contributed by atoms with Crippen LogP contribution in [0.2, 0.25) is 0 Å². The number of aromatic nitrogens is 1. The lowest BCUT2D eigenvalue weighted by atomic mass is 10.0. The molecule has 10 heteroatoms. The van der Waals surface area contributed by atoms with Gasteiger partial charge in [0.15, 0.2) is 0 Å². The van der Waals surface area contributed by atoms with Crippen molar-refractivity contribution in [2.45, 2.75) is 32.4 Å². The van der Waals surface area contributed by atoms with Crippen molar-refractivity contribution in [3.63, 3.8) is 0 Å². The lowest BCUT2D eigenvalue weighted by molar-refractivity contribution is -0.136. The number of ether oxygens (including phenoxy) is 1. The van der Waals surface area contributed by atoms with Gasteiger partial charge in [0, 0.05) is 13.0 Å². The Kier molecular flexibility index (Phi) is 5.67. The molecule has 2 aliphatic heterocycles. The van der Waals surface area contributed by atoms with E-state index in [1.54, 1.807) is 18.2 Å². The summed E-state index contributed by atoms with van der Waals surface area (Å²) in [6, 6.07) is 6.82. The van der Waals surface area contributed by atoms with E-state index in [1.807, 2.05) is 6.92 Å². The summed E-state index contributed by atoms with van der Waals surface area (Å²) in [5.41, 5.74) is 1.16. The summed E-state index contributed by atoms with van der Waals surface area (Å²) in [7, 11) is 0. The first kappa shape index (κ1) is 21.2. The second-order valence-electron chi connectivity index (χ2n) is 7.32. The molecule has 1 atom stereocenters. The third kappa shape index (κ3) is 3.94. The monoisotopic (exact) mass is 436 g/mol. The number of rotatable bonds is 6. The molecule has 1 unspecified atom stereocenters. The number of carbonyl (C=O) groups is 5. The molecule has 10 nitrogen and oxygen atoms in total. The summed E-state index contributed by atoms with van der Waals surface area (Å²) in [4.78, 5) is 66.4. The summed E-state index contributed by atoms with van der Waals surface area (Å²) in [6.45, 7) is 2.45. The van der Waals surface area contributed by atoms with Crippen LogP contribution in [0.1, 0.15) is 56.5 Å². The predicted molar refractivity (Wildman–Crippen MR) is 110 cm³/mol. The molecule has 4 rings (SSSR count). The maximum atomic E-state index is 12.9. The van der Waals surface area contributed by atoms with Crippen LogP contribution in [-0.4, -0.2) is 52.1 Å². The molecule has 0 radical (unpaired) electrons. The Morgan fingerprint density at radius 2 is 1.94 bits per heavy atom. The van der Waals surface area contributed by atoms with Gasteiger partial charge in [0.1, 0.15) is 17.5 Å². The Morgan fingerprint density at radius 3 is 2.62 bits per heavy atom. The molecule has 0 saturated carbocycles. The van der Waals surface area contributed by atoms with Gasteiger partial charge in [-0.3, -0.25) is 34.2 Å². The molecule has 2 N–H and O–H groups in total. The molecule has 32 heavy (non-hydrogen) atoms. The molecule has 164 valence electrons. The molecule has 5 amide bonds. The smallest absolute Gasteiger partial charge is 0.270 e. The first-order chi connectivity index (χ1) is 15.4. The van der Waals surface area contributed by atoms with E-state index in [0.717, 1.165) is 4.90 Å². The van der Waals surface area contributed by atoms with Crippen molar-refractivity contribution in [3.05, 3.63) is 58.9 Å². The lowest BCUT2D eigenvalue weighted by Crippen LogP contribution is -2.54. The van der Waals surface area contributed by atoms with Gasteiger partial charge in [0.25, 0.3) is 17.7 Å². The Hall–Kier alpha value is -4.08. The van der Waals surface area contributed by atoms with Gasteiger partial charge in [-0.25, -0.2) is 4.98 Å². The number of hydrogen-bond donors (Lipinski definition) is 2. The Bertz CT molecular complexity index is 1130. The number of nitrogens with one attached hydrogen (secondary N) is 2. The molecule has 0 spiro atoms. The van der Waals surface area contributed by atoms with Crippen molar-refractivity contribution < 1.29 is 28.7 Å². The maximum Gasteiger partial charge on any atom is 0.270 e. The molecule has 2 aliphatic rings. The van der Waals surface area contributed by atoms with Crippen LogP contribution in [0.25, 0.3) is 0 Å². The topological polar surface area (TPSA) is 135 Å². The van der Waals surface area contributed by atoms with E-state index in [1.165, 1.54) is 18.3 Å². The number of pyridine rings is 1. The van der Waals surface area contributed by atoms with Crippen molar-refractivity contribution in [2.75, 3.05) is 6.61 Å². The van der Waals surface area contributed by atoms with Gasteiger partial charge in [-0.15, -0.1) is 0 Å². The van der Waals surface area contributed by atoms with Crippen LogP contribution >= 0.6 is 0 Å². The fourth-order valence-electron chi connectivity index (χ4n) is 3.67. The average molecular weight is 436 g/mol. The number of amides is 5. The Morgan fingerprint density at radius 1 is 1.16 bits per heavy atom. The minimum atomic E-state index is -1.02. The van der Waals surface area contributed by atoms with Crippen LogP contribution in [-0.2, 0) is 16.1 Å². The summed E-state index contributed by atoms with van der Waals surface area (Å²) >= 11 is 0. The lowest BCUT2D eigenvalue weighted by Gasteiger charge is -2.27. The summed E-state index contributed by atoms with van der Waals surface area (Å²) in [5.74, 6) is -2.10. The molecule has 1 saturated heterocycles. The molecular weight excluding hydrogens is 416 g/mol. The molecule has 1 aromatic carbocycles. The van der Waals surface area contributed by atoms with Gasteiger partial charge in [-0.05, 0) is 43.2 Å². The molecular formula is C22H20N4O6. The van der Waals surface area contributed by atoms with Gasteiger partial charge < -0.3 is 10.1 Å². The van der Waals surface area contributed by atoms with E-state index < -0.39 is 35.6 Å². The number of nitrogens with zero attached hydrogens (tertiary/aromatic N) is 2. The highest BCUT2D eigenvalue weighted by Gasteiger charge is 2.44. The first-order valence-electron chi connectivity index (χ1n) is 10.1. The van der Waals surface area contributed by atoms with Crippen LogP contribution in [0.15, 0.2) is 36.5 Å². The van der Waals surface area contributed by atoms with Gasteiger partial charge in [-0.2, -0.15) is 0 Å². The van der Waals surface area contributed by atoms with E-state index in [9.17, 15) is 24.0 Å². The average Bonchev–Trinajstić information content (AvgIpc) is 3.03. The quantitative estimate of drug-likeness (QED) is 0.640. The van der Waals surface area contributed by atoms with E-state index in [4.69, 9.17) is 4.74 Å². The Balaban J connectivity index is 1.45. The summed E-state index contributed by atoms with van der Waals surface area (Å²) in [6.07, 6.45) is 1.61. The van der Waals surface area contributed by atoms with Crippen LogP contribution in [0.4, 0.5) is 0 Å². The zero-order valence-corrected chi connectivity index (χ0v) is 17.2. The highest BCUT2D eigenvalue weighted by atomic mass is 16.5. The fraction of sp³-hybridized carbons (Fsp3) is 0.273. The molecule has 0 aliphatic carbocycles. The molecule has 1 fully saturated rings. The van der Waals surface area contributed by atoms with E-state index >= 15 is 0 Å². The highest BCUT2D eigenvalue weighted by molar-refractivity contribution is 6.23. The normalized spacial score (nSPS) is 17.8. The second-order valence-corrected chi connectivity index (χ2v) is 7.32. The predicted octanol–water partition coefficient (Wildman–Crippen LogP) is 0.811. The van der Waals surface area contributed by atoms with Gasteiger partial charge in [-0.1, -0.05) is 6.07 Å². The Labute approximate surface area is 182 Å². The molecule has 3 heterocycles. The van der Waals surface area contributed by atoms with Gasteiger partial charge in [0.05, 0.1) is 23.9 Å². The maximum absolute atomic E-state index is 12.9. The minimum absolute atomic E-state index is 0.0562. The van der Waals surface area contributed by atoms with Crippen molar-refractivity contribution in [3.8, 4) is 5.75 Å². The second kappa shape index (κ2) is 8.58. The zero-order valence-electron chi connectivity index (χ0n) is 17.2. The SMILES string of the molecule is CCOc1ccc(C(=O)NCc2ccc3c(c2)C(=O)N(C2CCC(=O)NC2=O)C3=O)nc1. The van der Waals surface area contributed by atoms with Crippen LogP contribution in [0.3, 0.4) is 0 Å². The fourth-order valence-corrected chi connectivity index (χ4v) is 3.67. The van der Waals surface area contributed by atoms with Crippen molar-refractivity contribution >= 4 is 29.5 Å². The number of fused-ring (bicyclic) bond motifs is 1. The number of piperidine rings is 1. The third-order valence-electron chi connectivity index (χ3n) is 5.24. The minimum Gasteiger partial charge on any atom is -0.492 e. The zero-order chi connectivity index (χ0) is 22.8. The van der Waals surface area contributed by atoms with Crippen molar-refractivity contribution in [2.24, 2.45) is 0 Å². The van der Waals surface area contributed by atoms with Crippen LogP contribution in [0.5, 0.6) is 5.75 Å². The van der Waals surface area contributed by atoms with Gasteiger partial charge >= 0.3 is 0 Å². The number of carbonyl (C=O) groups excluding carboxylic acids is 5. The molecule has 1 aromatic heterocycles. The van der Waals surface area contributed by atoms with E-state index in [-0.39, 0.29) is 36.2 Å². The van der Waals surface area contributed by atoms with Crippen LogP contribution < -0.4 is 15.4 Å². The van der Waals surface area contributed by atoms with Crippen LogP contribution in [0, 0.1) is 0 Å². The molecule has 0 bridgehead atoms. The standard InChI is InChI=1S/C22H20N4O6/c1-2-32-13-4-6-16(23-11-13)19(28)24-10-12-3-5-14-15(9-12)22(31)26(21(14)30)17-7-8-18(27)25-20(17)29/h3-6,9,11,17H,2,7-8,10H2,1H3,(H,24,28)(H,25,27,29). The van der Waals surface area contributed by atoms with Gasteiger partial charge in [0.2, 0.25) is 11.8 Å². The van der Waals surface area contributed by atoms with Crippen molar-refractivity contribution in [1.29, 1.82) is 0 Å². The van der Waals surface area contributed by atoms with E-state index in [2.05, 4.69) is 15.6 Å². The van der Waals surface area contributed by atoms with Crippen molar-refractivity contribution in [1.82, 2.24) is 20.5 Å². The van der Waals surface area contributed by atoms with E-state index in [0.29, 0.717) is 17.9 Å². The first-order valence-corrected chi connectivity index (χ1v) is 10.1. The third-order valence-corrected chi connectivity index (χ3v) is 5.24. The number of hydrogen-bond acceptors (Lipinski definition) is 7. The number of benzene rings is 1. The number of imide groups is 2. The largest absolute Gasteiger partial charge is 0.492 e. The molecule has 2 aromatic rings. The summed E-state index contributed by atoms with van der Waals surface area (Å²) in [5, 5.41) is 4.88. The summed E-state index contributed by atoms with van der Waals surface area (Å²) < 4.78 is 5.30.